The van der Waals surface area contributed by atoms with Crippen molar-refractivity contribution >= 4 is 12.0 Å². The number of carbonyl (C=O) groups excluding carboxylic acids is 1. The third-order valence-corrected chi connectivity index (χ3v) is 5.42. The van der Waals surface area contributed by atoms with Crippen LogP contribution in [0, 0.1) is 5.92 Å². The van der Waals surface area contributed by atoms with Crippen LogP contribution in [0.4, 0.5) is 0 Å². The normalized spacial score (nSPS) is 17.6. The Balaban J connectivity index is 1.50. The molecule has 0 spiro atoms. The van der Waals surface area contributed by atoms with Gasteiger partial charge in [-0.25, -0.2) is 0 Å². The van der Waals surface area contributed by atoms with Crippen LogP contribution in [0.15, 0.2) is 96.7 Å². The molecule has 0 radical (unpaired) electrons. The van der Waals surface area contributed by atoms with Crippen LogP contribution in [0.3, 0.4) is 0 Å². The van der Waals surface area contributed by atoms with Crippen LogP contribution in [0.1, 0.15) is 30.0 Å². The van der Waals surface area contributed by atoms with Gasteiger partial charge in [0.05, 0.1) is 5.92 Å². The van der Waals surface area contributed by atoms with E-state index in [1.54, 1.807) is 0 Å². The lowest BCUT2D eigenvalue weighted by Crippen LogP contribution is -2.38. The van der Waals surface area contributed by atoms with Gasteiger partial charge in [-0.1, -0.05) is 91.0 Å². The lowest BCUT2D eigenvalue weighted by Gasteiger charge is -2.19. The maximum atomic E-state index is 12.9. The zero-order valence-corrected chi connectivity index (χ0v) is 15.9. The molecular weight excluding hydrogens is 344 g/mol. The summed E-state index contributed by atoms with van der Waals surface area (Å²) in [5.74, 6) is -0.0668. The molecule has 0 bridgehead atoms. The SMILES string of the molecule is C/C(=C/c1ccccc1)NNC(=O)[C@@H]1CC1(c1ccccc1)c1ccccc1. The summed E-state index contributed by atoms with van der Waals surface area (Å²) in [6.45, 7) is 1.95. The minimum atomic E-state index is -0.245. The summed E-state index contributed by atoms with van der Waals surface area (Å²) < 4.78 is 0. The summed E-state index contributed by atoms with van der Waals surface area (Å²) in [5, 5.41) is 0. The molecule has 3 heteroatoms. The first-order chi connectivity index (χ1) is 13.7. The van der Waals surface area contributed by atoms with Crippen molar-refractivity contribution in [3.63, 3.8) is 0 Å². The maximum Gasteiger partial charge on any atom is 0.242 e. The molecule has 1 saturated carbocycles. The monoisotopic (exact) mass is 368 g/mol. The van der Waals surface area contributed by atoms with Crippen molar-refractivity contribution in [1.29, 1.82) is 0 Å². The molecule has 4 rings (SSSR count). The molecule has 1 aliphatic rings. The van der Waals surface area contributed by atoms with Crippen LogP contribution in [-0.2, 0) is 10.2 Å². The highest BCUT2D eigenvalue weighted by atomic mass is 16.2. The lowest BCUT2D eigenvalue weighted by atomic mass is 9.85. The average Bonchev–Trinajstić information content (AvgIpc) is 3.51. The summed E-state index contributed by atoms with van der Waals surface area (Å²) in [6.07, 6.45) is 2.82. The average molecular weight is 368 g/mol. The number of hydrazine groups is 1. The van der Waals surface area contributed by atoms with Gasteiger partial charge in [0, 0.05) is 11.1 Å². The Morgan fingerprint density at radius 1 is 0.821 bits per heavy atom. The van der Waals surface area contributed by atoms with Crippen LogP contribution in [0.5, 0.6) is 0 Å². The molecule has 0 aromatic heterocycles. The molecule has 0 saturated heterocycles. The van der Waals surface area contributed by atoms with Crippen LogP contribution < -0.4 is 10.9 Å². The van der Waals surface area contributed by atoms with Gasteiger partial charge in [-0.15, -0.1) is 0 Å². The van der Waals surface area contributed by atoms with Crippen molar-refractivity contribution in [2.75, 3.05) is 0 Å². The molecule has 0 unspecified atom stereocenters. The Kier molecular flexibility index (Phi) is 4.98. The van der Waals surface area contributed by atoms with E-state index in [4.69, 9.17) is 0 Å². The Morgan fingerprint density at radius 3 is 1.86 bits per heavy atom. The zero-order chi connectivity index (χ0) is 19.4. The van der Waals surface area contributed by atoms with Gasteiger partial charge in [-0.3, -0.25) is 10.2 Å². The Labute approximate surface area is 166 Å². The van der Waals surface area contributed by atoms with E-state index in [0.29, 0.717) is 0 Å². The van der Waals surface area contributed by atoms with Crippen LogP contribution in [-0.4, -0.2) is 5.91 Å². The van der Waals surface area contributed by atoms with Gasteiger partial charge in [0.2, 0.25) is 5.91 Å². The summed E-state index contributed by atoms with van der Waals surface area (Å²) in [6, 6.07) is 30.7. The lowest BCUT2D eigenvalue weighted by molar-refractivity contribution is -0.123. The maximum absolute atomic E-state index is 12.9. The quantitative estimate of drug-likeness (QED) is 0.621. The van der Waals surface area contributed by atoms with E-state index in [0.717, 1.165) is 17.7 Å². The largest absolute Gasteiger partial charge is 0.303 e. The van der Waals surface area contributed by atoms with Crippen LogP contribution >= 0.6 is 0 Å². The molecule has 1 fully saturated rings. The van der Waals surface area contributed by atoms with Gasteiger partial charge in [0.1, 0.15) is 0 Å². The highest BCUT2D eigenvalue weighted by Gasteiger charge is 2.60. The first-order valence-electron chi connectivity index (χ1n) is 9.60. The van der Waals surface area contributed by atoms with Crippen molar-refractivity contribution < 1.29 is 4.79 Å². The number of nitrogens with one attached hydrogen (secondary N) is 2. The first kappa shape index (κ1) is 18.1. The van der Waals surface area contributed by atoms with Gasteiger partial charge >= 0.3 is 0 Å². The van der Waals surface area contributed by atoms with E-state index in [1.165, 1.54) is 11.1 Å². The summed E-state index contributed by atoms with van der Waals surface area (Å²) in [7, 11) is 0. The molecule has 1 atom stereocenters. The van der Waals surface area contributed by atoms with Gasteiger partial charge in [-0.05, 0) is 36.1 Å². The molecule has 2 N–H and O–H groups in total. The highest BCUT2D eigenvalue weighted by Crippen LogP contribution is 2.58. The predicted octanol–water partition coefficient (Wildman–Crippen LogP) is 4.67. The molecule has 140 valence electrons. The molecule has 1 amide bonds. The van der Waals surface area contributed by atoms with E-state index >= 15 is 0 Å². The molecule has 3 aromatic carbocycles. The van der Waals surface area contributed by atoms with Crippen molar-refractivity contribution in [1.82, 2.24) is 10.9 Å². The first-order valence-corrected chi connectivity index (χ1v) is 9.60. The highest BCUT2D eigenvalue weighted by molar-refractivity contribution is 5.85. The molecule has 0 aliphatic heterocycles. The second-order valence-electron chi connectivity index (χ2n) is 7.31. The van der Waals surface area contributed by atoms with Gasteiger partial charge in [-0.2, -0.15) is 0 Å². The van der Waals surface area contributed by atoms with Gasteiger partial charge in [0.15, 0.2) is 0 Å². The molecule has 28 heavy (non-hydrogen) atoms. The standard InChI is InChI=1S/C25H24N2O/c1-19(17-20-11-5-2-6-12-20)26-27-24(28)23-18-25(23,21-13-7-3-8-14-21)22-15-9-4-10-16-22/h2-17,23,26H,18H2,1H3,(H,27,28)/b19-17-/t23-/m0/s1. The van der Waals surface area contributed by atoms with E-state index in [-0.39, 0.29) is 17.2 Å². The minimum Gasteiger partial charge on any atom is -0.303 e. The Morgan fingerprint density at radius 2 is 1.32 bits per heavy atom. The summed E-state index contributed by atoms with van der Waals surface area (Å²) >= 11 is 0. The van der Waals surface area contributed by atoms with E-state index < -0.39 is 0 Å². The molecule has 3 aromatic rings. The van der Waals surface area contributed by atoms with Crippen LogP contribution in [0.2, 0.25) is 0 Å². The fourth-order valence-corrected chi connectivity index (χ4v) is 3.94. The smallest absolute Gasteiger partial charge is 0.242 e. The van der Waals surface area contributed by atoms with Crippen LogP contribution in [0.25, 0.3) is 6.08 Å². The van der Waals surface area contributed by atoms with Gasteiger partial charge < -0.3 is 5.43 Å². The number of amides is 1. The predicted molar refractivity (Wildman–Crippen MR) is 113 cm³/mol. The Bertz CT molecular complexity index is 926. The Hall–Kier alpha value is -3.33. The van der Waals surface area contributed by atoms with E-state index in [2.05, 4.69) is 35.1 Å². The zero-order valence-electron chi connectivity index (χ0n) is 15.9. The third kappa shape index (κ3) is 3.56. The van der Waals surface area contributed by atoms with Crippen molar-refractivity contribution in [3.8, 4) is 0 Å². The summed E-state index contributed by atoms with van der Waals surface area (Å²) in [4.78, 5) is 12.9. The second-order valence-corrected chi connectivity index (χ2v) is 7.31. The number of benzene rings is 3. The van der Waals surface area contributed by atoms with E-state index in [9.17, 15) is 4.79 Å². The van der Waals surface area contributed by atoms with Crippen molar-refractivity contribution in [2.24, 2.45) is 5.92 Å². The number of rotatable bonds is 6. The number of allylic oxidation sites excluding steroid dienone is 1. The number of carbonyl (C=O) groups is 1. The number of hydrogen-bond acceptors (Lipinski definition) is 2. The number of hydrogen-bond donors (Lipinski definition) is 2. The van der Waals surface area contributed by atoms with Gasteiger partial charge in [0.25, 0.3) is 0 Å². The van der Waals surface area contributed by atoms with Crippen molar-refractivity contribution in [3.05, 3.63) is 113 Å². The fourth-order valence-electron chi connectivity index (χ4n) is 3.94. The molecular formula is C25H24N2O. The summed E-state index contributed by atoms with van der Waals surface area (Å²) in [5.41, 5.74) is 10.1. The topological polar surface area (TPSA) is 41.1 Å². The second kappa shape index (κ2) is 7.73. The fraction of sp³-hybridized carbons (Fsp3) is 0.160. The molecule has 3 nitrogen and oxygen atoms in total. The molecule has 0 heterocycles. The molecule has 1 aliphatic carbocycles. The van der Waals surface area contributed by atoms with E-state index in [1.807, 2.05) is 79.7 Å². The van der Waals surface area contributed by atoms with Crippen molar-refractivity contribution in [2.45, 2.75) is 18.8 Å². The third-order valence-electron chi connectivity index (χ3n) is 5.42. The minimum absolute atomic E-state index is 0.0218.